The van der Waals surface area contributed by atoms with Crippen molar-refractivity contribution >= 4 is 0 Å². The van der Waals surface area contributed by atoms with Crippen molar-refractivity contribution in [1.29, 1.82) is 0 Å². The Hall–Kier alpha value is -1.76. The average molecular weight is 395 g/mol. The van der Waals surface area contributed by atoms with Crippen molar-refractivity contribution in [3.63, 3.8) is 0 Å². The van der Waals surface area contributed by atoms with Crippen LogP contribution in [0, 0.1) is 0 Å². The van der Waals surface area contributed by atoms with Gasteiger partial charge in [0.2, 0.25) is 0 Å². The van der Waals surface area contributed by atoms with E-state index in [1.165, 1.54) is 75.3 Å². The summed E-state index contributed by atoms with van der Waals surface area (Å²) in [5.41, 5.74) is 3.54. The van der Waals surface area contributed by atoms with Crippen molar-refractivity contribution in [3.8, 4) is 5.75 Å². The summed E-state index contributed by atoms with van der Waals surface area (Å²) < 4.78 is 0. The van der Waals surface area contributed by atoms with Crippen molar-refractivity contribution in [2.75, 3.05) is 0 Å². The second-order valence-corrected chi connectivity index (χ2v) is 9.13. The summed E-state index contributed by atoms with van der Waals surface area (Å²) >= 11 is 0. The van der Waals surface area contributed by atoms with Crippen molar-refractivity contribution in [2.24, 2.45) is 0 Å². The summed E-state index contributed by atoms with van der Waals surface area (Å²) in [6.45, 7) is 9.06. The number of benzene rings is 2. The van der Waals surface area contributed by atoms with Gasteiger partial charge in [0.05, 0.1) is 0 Å². The maximum atomic E-state index is 11.0. The molecule has 0 aliphatic heterocycles. The van der Waals surface area contributed by atoms with Gasteiger partial charge >= 0.3 is 0 Å². The van der Waals surface area contributed by atoms with Gasteiger partial charge in [0.25, 0.3) is 0 Å². The molecule has 0 aromatic heterocycles. The molecule has 0 saturated carbocycles. The van der Waals surface area contributed by atoms with Gasteiger partial charge < -0.3 is 5.11 Å². The quantitative estimate of drug-likeness (QED) is 0.337. The van der Waals surface area contributed by atoms with Crippen LogP contribution in [0.25, 0.3) is 0 Å². The van der Waals surface area contributed by atoms with E-state index in [1.54, 1.807) is 0 Å². The standard InChI is InChI=1S/C28H42O/c1-5-7-9-10-13-18-23(17-12-8-6-2)25-21-16-22-26(29)27(25)28(3,4)24-19-14-11-15-20-24/h11,14-16,19-23,29H,5-10,12-13,17-18H2,1-4H3. The number of hydrogen-bond donors (Lipinski definition) is 1. The first kappa shape index (κ1) is 23.5. The van der Waals surface area contributed by atoms with Crippen LogP contribution in [0.5, 0.6) is 5.75 Å². The van der Waals surface area contributed by atoms with Gasteiger partial charge in [-0.25, -0.2) is 0 Å². The molecule has 29 heavy (non-hydrogen) atoms. The molecule has 0 bridgehead atoms. The lowest BCUT2D eigenvalue weighted by atomic mass is 9.72. The third kappa shape index (κ3) is 6.63. The topological polar surface area (TPSA) is 20.2 Å². The maximum absolute atomic E-state index is 11.0. The molecular weight excluding hydrogens is 352 g/mol. The fraction of sp³-hybridized carbons (Fsp3) is 0.571. The summed E-state index contributed by atoms with van der Waals surface area (Å²) in [5, 5.41) is 11.0. The monoisotopic (exact) mass is 394 g/mol. The van der Waals surface area contributed by atoms with Gasteiger partial charge in [0.15, 0.2) is 0 Å². The van der Waals surface area contributed by atoms with Crippen LogP contribution in [0.4, 0.5) is 0 Å². The van der Waals surface area contributed by atoms with Gasteiger partial charge in [0, 0.05) is 11.0 Å². The SMILES string of the molecule is CCCCCCCC(CCCCC)c1cccc(O)c1C(C)(C)c1ccccc1. The van der Waals surface area contributed by atoms with Crippen LogP contribution in [-0.2, 0) is 5.41 Å². The minimum absolute atomic E-state index is 0.215. The highest BCUT2D eigenvalue weighted by molar-refractivity contribution is 5.51. The van der Waals surface area contributed by atoms with Crippen LogP contribution in [0.2, 0.25) is 0 Å². The first-order valence-corrected chi connectivity index (χ1v) is 11.9. The lowest BCUT2D eigenvalue weighted by Crippen LogP contribution is -2.22. The Labute approximate surface area is 179 Å². The molecule has 1 N–H and O–H groups in total. The molecule has 160 valence electrons. The summed E-state index contributed by atoms with van der Waals surface area (Å²) in [6, 6.07) is 16.8. The molecule has 1 atom stereocenters. The molecular formula is C28H42O. The molecule has 0 aliphatic carbocycles. The summed E-state index contributed by atoms with van der Waals surface area (Å²) in [5.74, 6) is 0.982. The van der Waals surface area contributed by atoms with E-state index in [-0.39, 0.29) is 5.41 Å². The molecule has 0 saturated heterocycles. The molecule has 2 rings (SSSR count). The van der Waals surface area contributed by atoms with Crippen molar-refractivity contribution < 1.29 is 5.11 Å². The number of unbranched alkanes of at least 4 members (excludes halogenated alkanes) is 6. The molecule has 0 amide bonds. The summed E-state index contributed by atoms with van der Waals surface area (Å²) in [6.07, 6.45) is 12.9. The first-order chi connectivity index (χ1) is 14.0. The number of phenols is 1. The van der Waals surface area contributed by atoms with E-state index < -0.39 is 0 Å². The molecule has 2 aromatic rings. The molecule has 0 fully saturated rings. The molecule has 1 heteroatoms. The third-order valence-corrected chi connectivity index (χ3v) is 6.45. The molecule has 1 unspecified atom stereocenters. The second kappa shape index (κ2) is 12.1. The van der Waals surface area contributed by atoms with Crippen molar-refractivity contribution in [2.45, 2.75) is 103 Å². The number of rotatable bonds is 13. The van der Waals surface area contributed by atoms with Gasteiger partial charge in [0.1, 0.15) is 5.75 Å². The van der Waals surface area contributed by atoms with Crippen LogP contribution >= 0.6 is 0 Å². The molecule has 0 aliphatic rings. The van der Waals surface area contributed by atoms with Gasteiger partial charge in [-0.15, -0.1) is 0 Å². The van der Waals surface area contributed by atoms with E-state index in [1.807, 2.05) is 12.1 Å². The summed E-state index contributed by atoms with van der Waals surface area (Å²) in [7, 11) is 0. The minimum atomic E-state index is -0.215. The van der Waals surface area contributed by atoms with Crippen LogP contribution in [0.1, 0.15) is 115 Å². The van der Waals surface area contributed by atoms with Gasteiger partial charge in [-0.1, -0.05) is 122 Å². The van der Waals surface area contributed by atoms with E-state index in [0.29, 0.717) is 11.7 Å². The Morgan fingerprint density at radius 2 is 1.31 bits per heavy atom. The average Bonchev–Trinajstić information content (AvgIpc) is 2.72. The molecule has 0 heterocycles. The molecule has 1 nitrogen and oxygen atoms in total. The predicted molar refractivity (Wildman–Crippen MR) is 127 cm³/mol. The van der Waals surface area contributed by atoms with Crippen LogP contribution in [0.3, 0.4) is 0 Å². The van der Waals surface area contributed by atoms with Crippen LogP contribution in [0.15, 0.2) is 48.5 Å². The van der Waals surface area contributed by atoms with Crippen molar-refractivity contribution in [3.05, 3.63) is 65.2 Å². The largest absolute Gasteiger partial charge is 0.508 e. The minimum Gasteiger partial charge on any atom is -0.508 e. The Bertz CT molecular complexity index is 702. The van der Waals surface area contributed by atoms with Crippen LogP contribution < -0.4 is 0 Å². The zero-order chi connectivity index (χ0) is 21.1. The van der Waals surface area contributed by atoms with Gasteiger partial charge in [-0.05, 0) is 36.0 Å². The smallest absolute Gasteiger partial charge is 0.119 e. The zero-order valence-electron chi connectivity index (χ0n) is 19.2. The Morgan fingerprint density at radius 1 is 0.724 bits per heavy atom. The maximum Gasteiger partial charge on any atom is 0.119 e. The lowest BCUT2D eigenvalue weighted by Gasteiger charge is -2.32. The van der Waals surface area contributed by atoms with E-state index in [9.17, 15) is 5.11 Å². The number of phenolic OH excluding ortho intramolecular Hbond substituents is 1. The molecule has 0 spiro atoms. The van der Waals surface area contributed by atoms with E-state index >= 15 is 0 Å². The van der Waals surface area contributed by atoms with E-state index in [2.05, 4.69) is 64.1 Å². The second-order valence-electron chi connectivity index (χ2n) is 9.13. The van der Waals surface area contributed by atoms with Gasteiger partial charge in [-0.3, -0.25) is 0 Å². The number of aromatic hydroxyl groups is 1. The number of hydrogen-bond acceptors (Lipinski definition) is 1. The summed E-state index contributed by atoms with van der Waals surface area (Å²) in [4.78, 5) is 0. The Morgan fingerprint density at radius 3 is 1.97 bits per heavy atom. The highest BCUT2D eigenvalue weighted by Crippen LogP contribution is 2.43. The Balaban J connectivity index is 2.33. The highest BCUT2D eigenvalue weighted by Gasteiger charge is 2.31. The van der Waals surface area contributed by atoms with E-state index in [0.717, 1.165) is 5.56 Å². The normalized spacial score (nSPS) is 12.8. The van der Waals surface area contributed by atoms with Gasteiger partial charge in [-0.2, -0.15) is 0 Å². The molecule has 0 radical (unpaired) electrons. The van der Waals surface area contributed by atoms with Crippen molar-refractivity contribution in [1.82, 2.24) is 0 Å². The lowest BCUT2D eigenvalue weighted by molar-refractivity contribution is 0.440. The predicted octanol–water partition coefficient (Wildman–Crippen LogP) is 8.74. The van der Waals surface area contributed by atoms with E-state index in [4.69, 9.17) is 0 Å². The highest BCUT2D eigenvalue weighted by atomic mass is 16.3. The van der Waals surface area contributed by atoms with Crippen LogP contribution in [-0.4, -0.2) is 5.11 Å². The molecule has 2 aromatic carbocycles. The fourth-order valence-electron chi connectivity index (χ4n) is 4.67. The fourth-order valence-corrected chi connectivity index (χ4v) is 4.67. The first-order valence-electron chi connectivity index (χ1n) is 11.9. The third-order valence-electron chi connectivity index (χ3n) is 6.45. The zero-order valence-corrected chi connectivity index (χ0v) is 19.2. The Kier molecular flexibility index (Phi) is 9.78.